The van der Waals surface area contributed by atoms with E-state index in [1.807, 2.05) is 0 Å². The van der Waals surface area contributed by atoms with Gasteiger partial charge in [0.25, 0.3) is 0 Å². The van der Waals surface area contributed by atoms with Gasteiger partial charge in [0, 0.05) is 12.5 Å². The Kier molecular flexibility index (Phi) is 3.03. The summed E-state index contributed by atoms with van der Waals surface area (Å²) >= 11 is 0. The summed E-state index contributed by atoms with van der Waals surface area (Å²) in [4.78, 5) is 13.3. The first-order chi connectivity index (χ1) is 6.77. The van der Waals surface area contributed by atoms with Gasteiger partial charge in [0.15, 0.2) is 6.10 Å². The molecule has 0 amide bonds. The fraction of sp³-hybridized carbons (Fsp3) is 0.900. The van der Waals surface area contributed by atoms with Gasteiger partial charge in [0.05, 0.1) is 6.61 Å². The summed E-state index contributed by atoms with van der Waals surface area (Å²) < 4.78 is 4.80. The lowest BCUT2D eigenvalue weighted by Crippen LogP contribution is -2.38. The molecule has 1 N–H and O–H groups in total. The molecule has 2 unspecified atom stereocenters. The third-order valence-electron chi connectivity index (χ3n) is 3.07. The Balaban J connectivity index is 1.81. The zero-order valence-electron chi connectivity index (χ0n) is 8.32. The lowest BCUT2D eigenvalue weighted by Gasteiger charge is -2.28. The average Bonchev–Trinajstić information content (AvgIpc) is 2.52. The highest BCUT2D eigenvalue weighted by Crippen LogP contribution is 2.18. The van der Waals surface area contributed by atoms with Crippen molar-refractivity contribution >= 4 is 5.97 Å². The summed E-state index contributed by atoms with van der Waals surface area (Å²) in [7, 11) is 0. The molecular formula is C10H17NO3. The van der Waals surface area contributed by atoms with E-state index in [-0.39, 0.29) is 5.92 Å². The van der Waals surface area contributed by atoms with Gasteiger partial charge >= 0.3 is 5.97 Å². The monoisotopic (exact) mass is 199 g/mol. The second-order valence-corrected chi connectivity index (χ2v) is 4.20. The second-order valence-electron chi connectivity index (χ2n) is 4.20. The summed E-state index contributed by atoms with van der Waals surface area (Å²) in [5.74, 6) is -0.465. The van der Waals surface area contributed by atoms with Gasteiger partial charge in [-0.05, 0) is 25.9 Å². The van der Waals surface area contributed by atoms with Gasteiger partial charge in [-0.25, -0.2) is 4.79 Å². The van der Waals surface area contributed by atoms with Gasteiger partial charge < -0.3 is 14.7 Å². The van der Waals surface area contributed by atoms with Gasteiger partial charge in [0.1, 0.15) is 0 Å². The number of aliphatic hydroxyl groups is 1. The number of esters is 1. The SMILES string of the molecule is O=C1OCC(CN2CCCCC2)C1O. The second kappa shape index (κ2) is 4.28. The van der Waals surface area contributed by atoms with E-state index in [0.29, 0.717) is 6.61 Å². The number of nitrogens with zero attached hydrogens (tertiary/aromatic N) is 1. The number of likely N-dealkylation sites (tertiary alicyclic amines) is 1. The van der Waals surface area contributed by atoms with E-state index in [9.17, 15) is 9.90 Å². The molecule has 2 aliphatic rings. The first kappa shape index (κ1) is 9.93. The van der Waals surface area contributed by atoms with Crippen LogP contribution in [0.4, 0.5) is 0 Å². The van der Waals surface area contributed by atoms with Crippen LogP contribution in [0.1, 0.15) is 19.3 Å². The van der Waals surface area contributed by atoms with Gasteiger partial charge in [-0.2, -0.15) is 0 Å². The van der Waals surface area contributed by atoms with Crippen LogP contribution in [0.3, 0.4) is 0 Å². The maximum absolute atomic E-state index is 10.9. The first-order valence-electron chi connectivity index (χ1n) is 5.34. The van der Waals surface area contributed by atoms with Gasteiger partial charge in [-0.3, -0.25) is 0 Å². The molecule has 0 radical (unpaired) electrons. The van der Waals surface area contributed by atoms with E-state index in [2.05, 4.69) is 4.90 Å². The van der Waals surface area contributed by atoms with Crippen molar-refractivity contribution in [1.29, 1.82) is 0 Å². The summed E-state index contributed by atoms with van der Waals surface area (Å²) in [6, 6.07) is 0. The minimum atomic E-state index is -0.892. The van der Waals surface area contributed by atoms with E-state index in [4.69, 9.17) is 4.74 Å². The molecule has 0 aliphatic carbocycles. The van der Waals surface area contributed by atoms with Gasteiger partial charge in [-0.15, -0.1) is 0 Å². The van der Waals surface area contributed by atoms with Gasteiger partial charge in [-0.1, -0.05) is 6.42 Å². The molecule has 4 nitrogen and oxygen atoms in total. The Morgan fingerprint density at radius 3 is 2.64 bits per heavy atom. The molecule has 2 heterocycles. The predicted octanol–water partition coefficient (Wildman–Crippen LogP) is 0.00620. The number of cyclic esters (lactones) is 1. The molecule has 0 spiro atoms. The van der Waals surface area contributed by atoms with Crippen LogP contribution in [0.2, 0.25) is 0 Å². The summed E-state index contributed by atoms with van der Waals surface area (Å²) in [6.45, 7) is 3.37. The summed E-state index contributed by atoms with van der Waals surface area (Å²) in [5.41, 5.74) is 0. The van der Waals surface area contributed by atoms with Crippen molar-refractivity contribution in [3.05, 3.63) is 0 Å². The topological polar surface area (TPSA) is 49.8 Å². The van der Waals surface area contributed by atoms with Crippen molar-refractivity contribution in [2.75, 3.05) is 26.2 Å². The predicted molar refractivity (Wildman–Crippen MR) is 50.7 cm³/mol. The Hall–Kier alpha value is -0.610. The molecule has 0 aromatic heterocycles. The number of aliphatic hydroxyl groups excluding tert-OH is 1. The molecule has 0 bridgehead atoms. The maximum atomic E-state index is 10.9. The van der Waals surface area contributed by atoms with Crippen molar-refractivity contribution in [2.24, 2.45) is 5.92 Å². The van der Waals surface area contributed by atoms with Crippen LogP contribution in [0.5, 0.6) is 0 Å². The van der Waals surface area contributed by atoms with E-state index in [1.165, 1.54) is 19.3 Å². The normalized spacial score (nSPS) is 34.5. The molecular weight excluding hydrogens is 182 g/mol. The lowest BCUT2D eigenvalue weighted by molar-refractivity contribution is -0.144. The molecule has 0 saturated carbocycles. The van der Waals surface area contributed by atoms with Crippen LogP contribution in [-0.4, -0.2) is 48.3 Å². The Labute approximate surface area is 83.8 Å². The highest BCUT2D eigenvalue weighted by molar-refractivity contribution is 5.76. The molecule has 0 aromatic rings. The van der Waals surface area contributed by atoms with E-state index < -0.39 is 12.1 Å². The molecule has 4 heteroatoms. The van der Waals surface area contributed by atoms with Crippen molar-refractivity contribution < 1.29 is 14.6 Å². The van der Waals surface area contributed by atoms with Crippen molar-refractivity contribution in [3.63, 3.8) is 0 Å². The average molecular weight is 199 g/mol. The Morgan fingerprint density at radius 1 is 1.36 bits per heavy atom. The van der Waals surface area contributed by atoms with E-state index >= 15 is 0 Å². The zero-order valence-corrected chi connectivity index (χ0v) is 8.32. The lowest BCUT2D eigenvalue weighted by atomic mass is 10.0. The zero-order chi connectivity index (χ0) is 9.97. The third kappa shape index (κ3) is 2.07. The number of carbonyl (C=O) groups excluding carboxylic acids is 1. The number of carbonyl (C=O) groups is 1. The van der Waals surface area contributed by atoms with Gasteiger partial charge in [0.2, 0.25) is 0 Å². The molecule has 2 saturated heterocycles. The third-order valence-corrected chi connectivity index (χ3v) is 3.07. The number of piperidine rings is 1. The number of hydrogen-bond acceptors (Lipinski definition) is 4. The Morgan fingerprint density at radius 2 is 2.07 bits per heavy atom. The van der Waals surface area contributed by atoms with Crippen molar-refractivity contribution in [3.8, 4) is 0 Å². The number of hydrogen-bond donors (Lipinski definition) is 1. The standard InChI is InChI=1S/C10H17NO3/c12-9-8(7-14-10(9)13)6-11-4-2-1-3-5-11/h8-9,12H,1-7H2. The minimum absolute atomic E-state index is 0.0133. The summed E-state index contributed by atoms with van der Waals surface area (Å²) in [5, 5.41) is 9.49. The maximum Gasteiger partial charge on any atom is 0.335 e. The molecule has 14 heavy (non-hydrogen) atoms. The molecule has 80 valence electrons. The minimum Gasteiger partial charge on any atom is -0.463 e. The van der Waals surface area contributed by atoms with Crippen LogP contribution >= 0.6 is 0 Å². The van der Waals surface area contributed by atoms with E-state index in [0.717, 1.165) is 19.6 Å². The van der Waals surface area contributed by atoms with Crippen LogP contribution in [0.25, 0.3) is 0 Å². The molecule has 0 aromatic carbocycles. The van der Waals surface area contributed by atoms with Crippen LogP contribution in [-0.2, 0) is 9.53 Å². The largest absolute Gasteiger partial charge is 0.463 e. The van der Waals surface area contributed by atoms with Crippen LogP contribution in [0.15, 0.2) is 0 Å². The van der Waals surface area contributed by atoms with Crippen LogP contribution < -0.4 is 0 Å². The Bertz CT molecular complexity index is 213. The highest BCUT2D eigenvalue weighted by atomic mass is 16.6. The van der Waals surface area contributed by atoms with E-state index in [1.54, 1.807) is 0 Å². The number of rotatable bonds is 2. The molecule has 2 atom stereocenters. The molecule has 2 aliphatic heterocycles. The molecule has 2 fully saturated rings. The number of ether oxygens (including phenoxy) is 1. The van der Waals surface area contributed by atoms with Crippen LogP contribution in [0, 0.1) is 5.92 Å². The highest BCUT2D eigenvalue weighted by Gasteiger charge is 2.36. The molecule has 2 rings (SSSR count). The fourth-order valence-electron chi connectivity index (χ4n) is 2.18. The summed E-state index contributed by atoms with van der Waals surface area (Å²) in [6.07, 6.45) is 2.88. The van der Waals surface area contributed by atoms with Crippen molar-refractivity contribution in [1.82, 2.24) is 4.90 Å². The first-order valence-corrected chi connectivity index (χ1v) is 5.34. The van der Waals surface area contributed by atoms with Crippen molar-refractivity contribution in [2.45, 2.75) is 25.4 Å². The fourth-order valence-corrected chi connectivity index (χ4v) is 2.18. The smallest absolute Gasteiger partial charge is 0.335 e. The quantitative estimate of drug-likeness (QED) is 0.636.